The van der Waals surface area contributed by atoms with Gasteiger partial charge in [0.05, 0.1) is 16.9 Å². The van der Waals surface area contributed by atoms with E-state index in [1.807, 2.05) is 0 Å². The minimum Gasteiger partial charge on any atom is -0.399 e. The van der Waals surface area contributed by atoms with E-state index in [9.17, 15) is 8.42 Å². The highest BCUT2D eigenvalue weighted by molar-refractivity contribution is 9.10. The predicted molar refractivity (Wildman–Crippen MR) is 78.6 cm³/mol. The van der Waals surface area contributed by atoms with Crippen LogP contribution in [0.15, 0.2) is 46.0 Å². The maximum absolute atomic E-state index is 12.1. The fourth-order valence-electron chi connectivity index (χ4n) is 1.38. The minimum absolute atomic E-state index is 0.0358. The predicted octanol–water partition coefficient (Wildman–Crippen LogP) is 2.88. The summed E-state index contributed by atoms with van der Waals surface area (Å²) in [5, 5.41) is 0.0672. The third kappa shape index (κ3) is 3.37. The number of nitrogens with two attached hydrogens (primary N) is 1. The van der Waals surface area contributed by atoms with Crippen LogP contribution < -0.4 is 10.5 Å². The van der Waals surface area contributed by atoms with Crippen LogP contribution in [0.5, 0.6) is 0 Å². The van der Waals surface area contributed by atoms with Gasteiger partial charge in [0.2, 0.25) is 0 Å². The monoisotopic (exact) mass is 361 g/mol. The Morgan fingerprint density at radius 2 is 2.00 bits per heavy atom. The van der Waals surface area contributed by atoms with Crippen molar-refractivity contribution in [3.63, 3.8) is 0 Å². The molecule has 0 spiro atoms. The van der Waals surface area contributed by atoms with Gasteiger partial charge in [0.15, 0.2) is 0 Å². The third-order valence-corrected chi connectivity index (χ3v) is 4.56. The summed E-state index contributed by atoms with van der Waals surface area (Å²) in [5.74, 6) is 0. The van der Waals surface area contributed by atoms with Gasteiger partial charge in [-0.15, -0.1) is 0 Å². The van der Waals surface area contributed by atoms with Gasteiger partial charge in [-0.25, -0.2) is 13.4 Å². The number of benzene rings is 1. The van der Waals surface area contributed by atoms with E-state index < -0.39 is 10.0 Å². The van der Waals surface area contributed by atoms with Gasteiger partial charge in [-0.05, 0) is 46.3 Å². The molecule has 100 valence electrons. The van der Waals surface area contributed by atoms with Crippen molar-refractivity contribution in [2.75, 3.05) is 10.5 Å². The second-order valence-electron chi connectivity index (χ2n) is 3.66. The van der Waals surface area contributed by atoms with Crippen LogP contribution in [0.3, 0.4) is 0 Å². The molecule has 0 saturated heterocycles. The van der Waals surface area contributed by atoms with Gasteiger partial charge < -0.3 is 5.73 Å². The molecule has 0 aliphatic heterocycles. The summed E-state index contributed by atoms with van der Waals surface area (Å²) in [6.45, 7) is 0. The molecule has 0 amide bonds. The molecule has 2 aromatic rings. The summed E-state index contributed by atoms with van der Waals surface area (Å²) in [6, 6.07) is 7.42. The Morgan fingerprint density at radius 3 is 2.58 bits per heavy atom. The summed E-state index contributed by atoms with van der Waals surface area (Å²) in [6.07, 6.45) is 1.40. The van der Waals surface area contributed by atoms with E-state index in [1.165, 1.54) is 24.4 Å². The van der Waals surface area contributed by atoms with E-state index in [0.717, 1.165) is 0 Å². The van der Waals surface area contributed by atoms with Crippen LogP contribution in [0.1, 0.15) is 0 Å². The molecule has 0 aliphatic rings. The highest BCUT2D eigenvalue weighted by atomic mass is 79.9. The lowest BCUT2D eigenvalue weighted by molar-refractivity contribution is 0.601. The number of aromatic nitrogens is 1. The van der Waals surface area contributed by atoms with Crippen LogP contribution in [0, 0.1) is 0 Å². The number of halogens is 2. The molecule has 19 heavy (non-hydrogen) atoms. The van der Waals surface area contributed by atoms with E-state index in [0.29, 0.717) is 16.0 Å². The average molecular weight is 363 g/mol. The Hall–Kier alpha value is -1.31. The third-order valence-electron chi connectivity index (χ3n) is 2.23. The second-order valence-corrected chi connectivity index (χ2v) is 6.54. The van der Waals surface area contributed by atoms with Crippen molar-refractivity contribution in [3.8, 4) is 0 Å². The molecule has 0 radical (unpaired) electrons. The van der Waals surface area contributed by atoms with E-state index in [-0.39, 0.29) is 9.92 Å². The first-order valence-corrected chi connectivity index (χ1v) is 7.73. The number of hydrogen-bond acceptors (Lipinski definition) is 4. The van der Waals surface area contributed by atoms with Crippen LogP contribution in [-0.4, -0.2) is 13.4 Å². The summed E-state index contributed by atoms with van der Waals surface area (Å²) < 4.78 is 27.3. The number of nitrogen functional groups attached to an aromatic ring is 1. The van der Waals surface area contributed by atoms with Crippen molar-refractivity contribution in [3.05, 3.63) is 46.2 Å². The molecule has 0 bridgehead atoms. The SMILES string of the molecule is Nc1ccc(S(=O)(=O)Nc2ccc(Br)nc2)c(Cl)c1. The average Bonchev–Trinajstić information content (AvgIpc) is 2.31. The first-order chi connectivity index (χ1) is 8.88. The fourth-order valence-corrected chi connectivity index (χ4v) is 3.21. The fraction of sp³-hybridized carbons (Fsp3) is 0. The van der Waals surface area contributed by atoms with Crippen molar-refractivity contribution in [1.82, 2.24) is 4.98 Å². The first-order valence-electron chi connectivity index (χ1n) is 5.08. The standard InChI is InChI=1S/C11H9BrClN3O2S/c12-11-4-2-8(6-15-11)16-19(17,18)10-3-1-7(14)5-9(10)13/h1-6,16H,14H2. The zero-order valence-electron chi connectivity index (χ0n) is 9.47. The van der Waals surface area contributed by atoms with E-state index >= 15 is 0 Å². The zero-order chi connectivity index (χ0) is 14.0. The van der Waals surface area contributed by atoms with Gasteiger partial charge in [0.25, 0.3) is 10.0 Å². The largest absolute Gasteiger partial charge is 0.399 e. The Labute approximate surface area is 124 Å². The summed E-state index contributed by atoms with van der Waals surface area (Å²) in [4.78, 5) is 3.89. The molecule has 1 heterocycles. The Balaban J connectivity index is 2.35. The van der Waals surface area contributed by atoms with Gasteiger partial charge >= 0.3 is 0 Å². The maximum Gasteiger partial charge on any atom is 0.263 e. The number of nitrogens with one attached hydrogen (secondary N) is 1. The molecule has 8 heteroatoms. The van der Waals surface area contributed by atoms with E-state index in [2.05, 4.69) is 25.6 Å². The quantitative estimate of drug-likeness (QED) is 0.649. The first kappa shape index (κ1) is 14.1. The molecule has 0 aliphatic carbocycles. The number of rotatable bonds is 3. The number of hydrogen-bond donors (Lipinski definition) is 2. The van der Waals surface area contributed by atoms with Crippen molar-refractivity contribution in [1.29, 1.82) is 0 Å². The highest BCUT2D eigenvalue weighted by Crippen LogP contribution is 2.25. The molecule has 1 aromatic carbocycles. The second kappa shape index (κ2) is 5.36. The lowest BCUT2D eigenvalue weighted by Gasteiger charge is -2.09. The smallest absolute Gasteiger partial charge is 0.263 e. The van der Waals surface area contributed by atoms with Gasteiger partial charge in [0, 0.05) is 5.69 Å². The normalized spacial score (nSPS) is 11.3. The van der Waals surface area contributed by atoms with Crippen LogP contribution in [0.2, 0.25) is 5.02 Å². The Bertz CT molecular complexity index is 704. The van der Waals surface area contributed by atoms with Crippen LogP contribution in [0.4, 0.5) is 11.4 Å². The Morgan fingerprint density at radius 1 is 1.26 bits per heavy atom. The van der Waals surface area contributed by atoms with Crippen molar-refractivity contribution >= 4 is 48.9 Å². The number of sulfonamides is 1. The summed E-state index contributed by atoms with van der Waals surface area (Å²) >= 11 is 9.05. The molecule has 0 saturated carbocycles. The molecule has 5 nitrogen and oxygen atoms in total. The van der Waals surface area contributed by atoms with E-state index in [1.54, 1.807) is 12.1 Å². The summed E-state index contributed by atoms with van der Waals surface area (Å²) in [7, 11) is -3.77. The molecule has 0 fully saturated rings. The van der Waals surface area contributed by atoms with Crippen LogP contribution in [0.25, 0.3) is 0 Å². The topological polar surface area (TPSA) is 85.1 Å². The highest BCUT2D eigenvalue weighted by Gasteiger charge is 2.18. The lowest BCUT2D eigenvalue weighted by atomic mass is 10.3. The summed E-state index contributed by atoms with van der Waals surface area (Å²) in [5.41, 5.74) is 6.27. The van der Waals surface area contributed by atoms with Crippen LogP contribution >= 0.6 is 27.5 Å². The molecule has 0 atom stereocenters. The molecule has 1 aromatic heterocycles. The molecule has 2 rings (SSSR count). The molecule has 0 unspecified atom stereocenters. The van der Waals surface area contributed by atoms with Crippen molar-refractivity contribution < 1.29 is 8.42 Å². The van der Waals surface area contributed by atoms with Gasteiger partial charge in [0.1, 0.15) is 9.50 Å². The Kier molecular flexibility index (Phi) is 3.98. The molecular weight excluding hydrogens is 354 g/mol. The number of anilines is 2. The van der Waals surface area contributed by atoms with Crippen LogP contribution in [-0.2, 0) is 10.0 Å². The van der Waals surface area contributed by atoms with Gasteiger partial charge in [-0.3, -0.25) is 4.72 Å². The van der Waals surface area contributed by atoms with Gasteiger partial charge in [-0.2, -0.15) is 0 Å². The zero-order valence-corrected chi connectivity index (χ0v) is 12.6. The van der Waals surface area contributed by atoms with Crippen molar-refractivity contribution in [2.45, 2.75) is 4.90 Å². The minimum atomic E-state index is -3.77. The molecular formula is C11H9BrClN3O2S. The molecule has 3 N–H and O–H groups in total. The van der Waals surface area contributed by atoms with Gasteiger partial charge in [-0.1, -0.05) is 11.6 Å². The number of pyridine rings is 1. The maximum atomic E-state index is 12.1. The number of nitrogens with zero attached hydrogens (tertiary/aromatic N) is 1. The van der Waals surface area contributed by atoms with E-state index in [4.69, 9.17) is 17.3 Å². The lowest BCUT2D eigenvalue weighted by Crippen LogP contribution is -2.13. The van der Waals surface area contributed by atoms with Crippen molar-refractivity contribution in [2.24, 2.45) is 0 Å².